The monoisotopic (exact) mass is 260 g/mol. The summed E-state index contributed by atoms with van der Waals surface area (Å²) in [7, 11) is 0. The number of fused-ring (bicyclic) bond motifs is 2. The minimum absolute atomic E-state index is 0.853. The molecule has 96 valence electrons. The average molecular weight is 260 g/mol. The summed E-state index contributed by atoms with van der Waals surface area (Å²) in [5, 5.41) is 10.9. The van der Waals surface area contributed by atoms with Crippen molar-refractivity contribution in [3.63, 3.8) is 0 Å². The summed E-state index contributed by atoms with van der Waals surface area (Å²) in [4.78, 5) is 6.39. The third-order valence-corrected chi connectivity index (χ3v) is 3.40. The lowest BCUT2D eigenvalue weighted by molar-refractivity contribution is 1.24. The van der Waals surface area contributed by atoms with Crippen LogP contribution in [0.15, 0.2) is 71.2 Å². The van der Waals surface area contributed by atoms with Crippen molar-refractivity contribution in [1.82, 2.24) is 9.97 Å². The fraction of sp³-hybridized carbons (Fsp3) is 0. The van der Waals surface area contributed by atoms with Gasteiger partial charge in [-0.25, -0.2) is 0 Å². The van der Waals surface area contributed by atoms with E-state index in [-0.39, 0.29) is 0 Å². The van der Waals surface area contributed by atoms with E-state index in [1.54, 1.807) is 0 Å². The van der Waals surface area contributed by atoms with Crippen LogP contribution < -0.4 is 0 Å². The van der Waals surface area contributed by atoms with Gasteiger partial charge in [0.25, 0.3) is 0 Å². The summed E-state index contributed by atoms with van der Waals surface area (Å²) in [5.41, 5.74) is 3.84. The van der Waals surface area contributed by atoms with Gasteiger partial charge in [0, 0.05) is 34.2 Å². The van der Waals surface area contributed by atoms with E-state index in [0.29, 0.717) is 0 Å². The molecule has 0 saturated heterocycles. The van der Waals surface area contributed by atoms with Gasteiger partial charge in [0.05, 0.1) is 0 Å². The van der Waals surface area contributed by atoms with Crippen molar-refractivity contribution in [3.8, 4) is 0 Å². The standard InChI is InChI=1S/C16H12N4/c1-3-7-13-11(5-1)15(9-17-13)19-20-16-10-18-14-8-4-2-6-12(14)16/h1-10,17-18H. The summed E-state index contributed by atoms with van der Waals surface area (Å²) < 4.78 is 0. The molecule has 0 aliphatic rings. The van der Waals surface area contributed by atoms with Gasteiger partial charge in [-0.05, 0) is 12.1 Å². The number of nitrogens with one attached hydrogen (secondary N) is 2. The zero-order chi connectivity index (χ0) is 13.4. The molecule has 2 N–H and O–H groups in total. The van der Waals surface area contributed by atoms with Crippen molar-refractivity contribution in [2.45, 2.75) is 0 Å². The largest absolute Gasteiger partial charge is 0.359 e. The van der Waals surface area contributed by atoms with Gasteiger partial charge in [-0.15, -0.1) is 10.2 Å². The van der Waals surface area contributed by atoms with Crippen LogP contribution >= 0.6 is 0 Å². The van der Waals surface area contributed by atoms with Gasteiger partial charge in [0.1, 0.15) is 11.4 Å². The van der Waals surface area contributed by atoms with Crippen LogP contribution in [0, 0.1) is 0 Å². The summed E-state index contributed by atoms with van der Waals surface area (Å²) in [6, 6.07) is 16.1. The Morgan fingerprint density at radius 3 is 1.55 bits per heavy atom. The maximum absolute atomic E-state index is 4.36. The van der Waals surface area contributed by atoms with Crippen LogP contribution in [0.5, 0.6) is 0 Å². The minimum atomic E-state index is 0.853. The molecule has 4 heteroatoms. The van der Waals surface area contributed by atoms with Crippen LogP contribution in [-0.2, 0) is 0 Å². The first kappa shape index (κ1) is 11.0. The maximum Gasteiger partial charge on any atom is 0.111 e. The number of nitrogens with zero attached hydrogens (tertiary/aromatic N) is 2. The number of H-pyrrole nitrogens is 2. The molecule has 0 aliphatic carbocycles. The Labute approximate surface area is 115 Å². The Balaban J connectivity index is 1.78. The van der Waals surface area contributed by atoms with E-state index in [4.69, 9.17) is 0 Å². The number of hydrogen-bond acceptors (Lipinski definition) is 2. The van der Waals surface area contributed by atoms with E-state index in [9.17, 15) is 0 Å². The number of aromatic nitrogens is 2. The van der Waals surface area contributed by atoms with Crippen molar-refractivity contribution in [3.05, 3.63) is 60.9 Å². The zero-order valence-corrected chi connectivity index (χ0v) is 10.7. The third kappa shape index (κ3) is 1.70. The molecule has 0 aliphatic heterocycles. The summed E-state index contributed by atoms with van der Waals surface area (Å²) >= 11 is 0. The molecule has 0 saturated carbocycles. The minimum Gasteiger partial charge on any atom is -0.359 e. The second-order valence-corrected chi connectivity index (χ2v) is 4.64. The lowest BCUT2D eigenvalue weighted by atomic mass is 10.2. The SMILES string of the molecule is c1ccc2c(N=Nc3c[nH]c4ccccc34)c[nH]c2c1. The maximum atomic E-state index is 4.36. The van der Waals surface area contributed by atoms with E-state index in [0.717, 1.165) is 33.2 Å². The molecule has 2 aromatic carbocycles. The van der Waals surface area contributed by atoms with Crippen molar-refractivity contribution >= 4 is 33.2 Å². The van der Waals surface area contributed by atoms with Crippen LogP contribution in [0.25, 0.3) is 21.8 Å². The first-order valence-electron chi connectivity index (χ1n) is 6.46. The third-order valence-electron chi connectivity index (χ3n) is 3.40. The van der Waals surface area contributed by atoms with E-state index in [1.807, 2.05) is 60.9 Å². The van der Waals surface area contributed by atoms with Crippen LogP contribution in [0.1, 0.15) is 0 Å². The molecule has 0 spiro atoms. The zero-order valence-electron chi connectivity index (χ0n) is 10.7. The molecule has 2 heterocycles. The number of para-hydroxylation sites is 2. The number of azo groups is 1. The lowest BCUT2D eigenvalue weighted by Gasteiger charge is -1.91. The molecule has 4 rings (SSSR count). The van der Waals surface area contributed by atoms with Gasteiger partial charge in [-0.2, -0.15) is 0 Å². The second kappa shape index (κ2) is 4.35. The molecule has 0 amide bonds. The Kier molecular flexibility index (Phi) is 2.39. The van der Waals surface area contributed by atoms with Gasteiger partial charge in [0.15, 0.2) is 0 Å². The van der Waals surface area contributed by atoms with Gasteiger partial charge < -0.3 is 9.97 Å². The quantitative estimate of drug-likeness (QED) is 0.473. The molecule has 20 heavy (non-hydrogen) atoms. The highest BCUT2D eigenvalue weighted by atomic mass is 15.1. The van der Waals surface area contributed by atoms with Crippen molar-refractivity contribution in [1.29, 1.82) is 0 Å². The fourth-order valence-corrected chi connectivity index (χ4v) is 2.39. The molecular weight excluding hydrogens is 248 g/mol. The van der Waals surface area contributed by atoms with Crippen molar-refractivity contribution in [2.24, 2.45) is 10.2 Å². The fourth-order valence-electron chi connectivity index (χ4n) is 2.39. The Hall–Kier alpha value is -2.88. The molecule has 0 fully saturated rings. The van der Waals surface area contributed by atoms with Gasteiger partial charge in [-0.1, -0.05) is 36.4 Å². The molecule has 0 bridgehead atoms. The highest BCUT2D eigenvalue weighted by Gasteiger charge is 2.03. The predicted octanol–water partition coefficient (Wildman–Crippen LogP) is 5.06. The first-order valence-corrected chi connectivity index (χ1v) is 6.46. The lowest BCUT2D eigenvalue weighted by Crippen LogP contribution is -1.64. The smallest absolute Gasteiger partial charge is 0.111 e. The van der Waals surface area contributed by atoms with Gasteiger partial charge in [0.2, 0.25) is 0 Å². The van der Waals surface area contributed by atoms with Crippen LogP contribution in [0.2, 0.25) is 0 Å². The van der Waals surface area contributed by atoms with Crippen LogP contribution in [-0.4, -0.2) is 9.97 Å². The van der Waals surface area contributed by atoms with Gasteiger partial charge >= 0.3 is 0 Å². The molecule has 0 radical (unpaired) electrons. The topological polar surface area (TPSA) is 56.3 Å². The molecule has 2 aromatic heterocycles. The molecular formula is C16H12N4. The summed E-state index contributed by atoms with van der Waals surface area (Å²) in [6.07, 6.45) is 3.76. The number of hydrogen-bond donors (Lipinski definition) is 2. The van der Waals surface area contributed by atoms with Crippen LogP contribution in [0.4, 0.5) is 11.4 Å². The highest BCUT2D eigenvalue weighted by molar-refractivity contribution is 5.92. The molecule has 0 unspecified atom stereocenters. The number of aromatic amines is 2. The number of rotatable bonds is 2. The Morgan fingerprint density at radius 1 is 0.600 bits per heavy atom. The van der Waals surface area contributed by atoms with E-state index < -0.39 is 0 Å². The Bertz CT molecular complexity index is 838. The second-order valence-electron chi connectivity index (χ2n) is 4.64. The highest BCUT2D eigenvalue weighted by Crippen LogP contribution is 2.30. The van der Waals surface area contributed by atoms with Crippen molar-refractivity contribution in [2.75, 3.05) is 0 Å². The van der Waals surface area contributed by atoms with Crippen LogP contribution in [0.3, 0.4) is 0 Å². The normalized spacial score (nSPS) is 11.8. The molecule has 4 nitrogen and oxygen atoms in total. The molecule has 0 atom stereocenters. The van der Waals surface area contributed by atoms with E-state index in [2.05, 4.69) is 20.2 Å². The average Bonchev–Trinajstić information content (AvgIpc) is 3.09. The summed E-state index contributed by atoms with van der Waals surface area (Å²) in [5.74, 6) is 0. The van der Waals surface area contributed by atoms with Crippen molar-refractivity contribution < 1.29 is 0 Å². The number of benzene rings is 2. The van der Waals surface area contributed by atoms with E-state index in [1.165, 1.54) is 0 Å². The Morgan fingerprint density at radius 2 is 1.05 bits per heavy atom. The predicted molar refractivity (Wildman–Crippen MR) is 80.8 cm³/mol. The van der Waals surface area contributed by atoms with E-state index >= 15 is 0 Å². The molecule has 4 aromatic rings. The van der Waals surface area contributed by atoms with Gasteiger partial charge in [-0.3, -0.25) is 0 Å². The summed E-state index contributed by atoms with van der Waals surface area (Å²) in [6.45, 7) is 0. The first-order chi connectivity index (χ1) is 9.92.